The van der Waals surface area contributed by atoms with Crippen molar-refractivity contribution >= 4 is 49.0 Å². The normalized spacial score (nSPS) is 11.4. The second-order valence-electron chi connectivity index (χ2n) is 5.80. The Balaban J connectivity index is 1.74. The first kappa shape index (κ1) is 16.9. The van der Waals surface area contributed by atoms with Crippen LogP contribution in [0.5, 0.6) is 0 Å². The third kappa shape index (κ3) is 3.56. The van der Waals surface area contributed by atoms with E-state index < -0.39 is 10.0 Å². The predicted molar refractivity (Wildman–Crippen MR) is 107 cm³/mol. The van der Waals surface area contributed by atoms with Crippen LogP contribution in [-0.2, 0) is 10.0 Å². The first-order chi connectivity index (χ1) is 13.0. The topological polar surface area (TPSA) is 96.9 Å². The van der Waals surface area contributed by atoms with Crippen LogP contribution in [0.4, 0.5) is 17.2 Å². The summed E-state index contributed by atoms with van der Waals surface area (Å²) >= 11 is 0. The molecule has 0 aliphatic carbocycles. The van der Waals surface area contributed by atoms with Crippen LogP contribution in [0.1, 0.15) is 0 Å². The van der Waals surface area contributed by atoms with Crippen molar-refractivity contribution in [2.24, 2.45) is 0 Å². The predicted octanol–water partition coefficient (Wildman–Crippen LogP) is 3.81. The molecule has 0 bridgehead atoms. The molecule has 2 heterocycles. The Morgan fingerprint density at radius 3 is 2.63 bits per heavy atom. The van der Waals surface area contributed by atoms with Gasteiger partial charge in [0.25, 0.3) is 10.0 Å². The fourth-order valence-electron chi connectivity index (χ4n) is 2.71. The van der Waals surface area contributed by atoms with E-state index in [9.17, 15) is 8.42 Å². The fraction of sp³-hybridized carbons (Fsp3) is 0. The lowest BCUT2D eigenvalue weighted by atomic mass is 10.2. The molecule has 0 aliphatic rings. The average Bonchev–Trinajstić information content (AvgIpc) is 2.68. The van der Waals surface area contributed by atoms with Crippen LogP contribution in [0.3, 0.4) is 0 Å². The molecule has 0 fully saturated rings. The Morgan fingerprint density at radius 1 is 0.926 bits per heavy atom. The summed E-state index contributed by atoms with van der Waals surface area (Å²) in [7, 11) is -3.59. The van der Waals surface area contributed by atoms with Gasteiger partial charge in [0.15, 0.2) is 0 Å². The molecule has 2 aromatic heterocycles. The van der Waals surface area contributed by atoms with Crippen LogP contribution in [0.2, 0.25) is 0 Å². The summed E-state index contributed by atoms with van der Waals surface area (Å²) in [5.74, 6) is 0.565. The third-order valence-electron chi connectivity index (χ3n) is 3.98. The van der Waals surface area contributed by atoms with Gasteiger partial charge in [0.05, 0.1) is 11.0 Å². The zero-order chi connectivity index (χ0) is 18.9. The molecule has 4 aromatic rings. The van der Waals surface area contributed by atoms with Gasteiger partial charge in [-0.1, -0.05) is 18.7 Å². The number of nitrogens with zero attached hydrogens (tertiary/aromatic N) is 3. The molecule has 4 rings (SSSR count). The zero-order valence-electron chi connectivity index (χ0n) is 14.1. The van der Waals surface area contributed by atoms with Crippen LogP contribution >= 0.6 is 0 Å². The third-order valence-corrected chi connectivity index (χ3v) is 4.94. The fourth-order valence-corrected chi connectivity index (χ4v) is 3.25. The maximum atomic E-state index is 11.7. The molecule has 0 unspecified atom stereocenters. The minimum atomic E-state index is -3.59. The molecule has 0 saturated heterocycles. The van der Waals surface area contributed by atoms with E-state index in [0.29, 0.717) is 22.4 Å². The van der Waals surface area contributed by atoms with Crippen LogP contribution in [0.15, 0.2) is 73.0 Å². The van der Waals surface area contributed by atoms with Gasteiger partial charge in [-0.05, 0) is 36.4 Å². The van der Waals surface area contributed by atoms with Crippen molar-refractivity contribution in [2.45, 2.75) is 0 Å². The van der Waals surface area contributed by atoms with E-state index in [-0.39, 0.29) is 0 Å². The minimum Gasteiger partial charge on any atom is -0.340 e. The number of pyridine rings is 1. The van der Waals surface area contributed by atoms with Gasteiger partial charge in [-0.2, -0.15) is 0 Å². The number of sulfonamides is 1. The van der Waals surface area contributed by atoms with Crippen molar-refractivity contribution in [2.75, 3.05) is 10.0 Å². The van der Waals surface area contributed by atoms with E-state index in [1.165, 1.54) is 6.33 Å². The molecule has 0 aliphatic heterocycles. The lowest BCUT2D eigenvalue weighted by molar-refractivity contribution is 0.609. The quantitative estimate of drug-likeness (QED) is 0.549. The first-order valence-corrected chi connectivity index (χ1v) is 9.60. The van der Waals surface area contributed by atoms with Gasteiger partial charge in [0.2, 0.25) is 0 Å². The maximum absolute atomic E-state index is 11.7. The van der Waals surface area contributed by atoms with Crippen LogP contribution in [0, 0.1) is 0 Å². The van der Waals surface area contributed by atoms with Crippen LogP contribution < -0.4 is 10.0 Å². The Morgan fingerprint density at radius 2 is 1.78 bits per heavy atom. The molecule has 0 spiro atoms. The number of hydrogen-bond donors (Lipinski definition) is 2. The van der Waals surface area contributed by atoms with Crippen molar-refractivity contribution < 1.29 is 8.42 Å². The van der Waals surface area contributed by atoms with Crippen molar-refractivity contribution in [3.8, 4) is 0 Å². The molecule has 8 heteroatoms. The van der Waals surface area contributed by atoms with Crippen LogP contribution in [-0.4, -0.2) is 23.4 Å². The second kappa shape index (κ2) is 6.65. The maximum Gasteiger partial charge on any atom is 0.254 e. The van der Waals surface area contributed by atoms with E-state index >= 15 is 0 Å². The molecule has 134 valence electrons. The summed E-state index contributed by atoms with van der Waals surface area (Å²) in [5, 5.41) is 5.84. The summed E-state index contributed by atoms with van der Waals surface area (Å²) in [6.07, 6.45) is 3.20. The van der Waals surface area contributed by atoms with Crippen LogP contribution in [0.25, 0.3) is 21.8 Å². The van der Waals surface area contributed by atoms with Gasteiger partial charge in [0, 0.05) is 33.8 Å². The summed E-state index contributed by atoms with van der Waals surface area (Å²) in [6, 6.07) is 14.8. The molecule has 7 nitrogen and oxygen atoms in total. The molecule has 0 atom stereocenters. The monoisotopic (exact) mass is 377 g/mol. The summed E-state index contributed by atoms with van der Waals surface area (Å²) in [4.78, 5) is 12.9. The SMILES string of the molecule is C=CS(=O)(=O)Nc1ccc2ncnc(Nc3ccc4cccnc4c3)c2c1. The van der Waals surface area contributed by atoms with Gasteiger partial charge in [-0.15, -0.1) is 0 Å². The molecule has 0 amide bonds. The Labute approximate surface area is 155 Å². The number of nitrogens with one attached hydrogen (secondary N) is 2. The number of anilines is 3. The zero-order valence-corrected chi connectivity index (χ0v) is 14.9. The Kier molecular flexibility index (Phi) is 4.17. The number of hydrogen-bond acceptors (Lipinski definition) is 6. The van der Waals surface area contributed by atoms with Crippen molar-refractivity contribution in [1.82, 2.24) is 15.0 Å². The highest BCUT2D eigenvalue weighted by molar-refractivity contribution is 7.95. The molecule has 0 saturated carbocycles. The Hall–Kier alpha value is -3.52. The van der Waals surface area contributed by atoms with E-state index in [1.807, 2.05) is 30.3 Å². The second-order valence-corrected chi connectivity index (χ2v) is 7.43. The highest BCUT2D eigenvalue weighted by Crippen LogP contribution is 2.27. The van der Waals surface area contributed by atoms with Gasteiger partial charge in [-0.3, -0.25) is 9.71 Å². The highest BCUT2D eigenvalue weighted by Gasteiger charge is 2.09. The molecular weight excluding hydrogens is 362 g/mol. The number of fused-ring (bicyclic) bond motifs is 2. The molecular formula is C19H15N5O2S. The van der Waals surface area contributed by atoms with Gasteiger partial charge >= 0.3 is 0 Å². The molecule has 0 radical (unpaired) electrons. The van der Waals surface area contributed by atoms with Gasteiger partial charge in [0.1, 0.15) is 12.1 Å². The smallest absolute Gasteiger partial charge is 0.254 e. The largest absolute Gasteiger partial charge is 0.340 e. The van der Waals surface area contributed by atoms with E-state index in [0.717, 1.165) is 22.0 Å². The lowest BCUT2D eigenvalue weighted by Gasteiger charge is -2.11. The summed E-state index contributed by atoms with van der Waals surface area (Å²) in [6.45, 7) is 3.30. The lowest BCUT2D eigenvalue weighted by Crippen LogP contribution is -2.08. The highest BCUT2D eigenvalue weighted by atomic mass is 32.2. The van der Waals surface area contributed by atoms with Crippen molar-refractivity contribution in [3.63, 3.8) is 0 Å². The van der Waals surface area contributed by atoms with E-state index in [4.69, 9.17) is 0 Å². The minimum absolute atomic E-state index is 0.403. The van der Waals surface area contributed by atoms with Crippen molar-refractivity contribution in [1.29, 1.82) is 0 Å². The first-order valence-electron chi connectivity index (χ1n) is 8.06. The molecule has 2 N–H and O–H groups in total. The van der Waals surface area contributed by atoms with Gasteiger partial charge < -0.3 is 5.32 Å². The Bertz CT molecular complexity index is 1270. The standard InChI is InChI=1S/C19H15N5O2S/c1-2-27(25,26)24-15-7-8-17-16(10-15)19(22-12-21-17)23-14-6-5-13-4-3-9-20-18(13)11-14/h2-12,24H,1H2,(H,21,22,23). The van der Waals surface area contributed by atoms with Crippen molar-refractivity contribution in [3.05, 3.63) is 73.0 Å². The summed E-state index contributed by atoms with van der Waals surface area (Å²) in [5.41, 5.74) is 2.77. The molecule has 2 aromatic carbocycles. The number of aromatic nitrogens is 3. The van der Waals surface area contributed by atoms with E-state index in [2.05, 4.69) is 31.6 Å². The average molecular weight is 377 g/mol. The number of rotatable bonds is 5. The molecule has 27 heavy (non-hydrogen) atoms. The van der Waals surface area contributed by atoms with Gasteiger partial charge in [-0.25, -0.2) is 18.4 Å². The number of benzene rings is 2. The summed E-state index contributed by atoms with van der Waals surface area (Å²) < 4.78 is 25.9. The van der Waals surface area contributed by atoms with E-state index in [1.54, 1.807) is 24.4 Å².